The first-order valence-electron chi connectivity index (χ1n) is 8.23. The summed E-state index contributed by atoms with van der Waals surface area (Å²) in [5.74, 6) is -0.958. The molecule has 2 aromatic carbocycles. The predicted octanol–water partition coefficient (Wildman–Crippen LogP) is 4.66. The summed E-state index contributed by atoms with van der Waals surface area (Å²) >= 11 is 0. The van der Waals surface area contributed by atoms with Crippen LogP contribution < -0.4 is 10.6 Å². The third-order valence-corrected chi connectivity index (χ3v) is 4.05. The molecule has 0 aliphatic heterocycles. The van der Waals surface area contributed by atoms with Gasteiger partial charge in [-0.1, -0.05) is 12.1 Å². The van der Waals surface area contributed by atoms with Gasteiger partial charge < -0.3 is 15.2 Å². The van der Waals surface area contributed by atoms with Crippen molar-refractivity contribution in [2.24, 2.45) is 0 Å². The molecule has 2 amide bonds. The number of nitrogens with one attached hydrogen (secondary N) is 2. The van der Waals surface area contributed by atoms with Gasteiger partial charge in [0.1, 0.15) is 5.82 Å². The fourth-order valence-electron chi connectivity index (χ4n) is 2.59. The SMILES string of the molecule is Cc1ccc(CNC(=O)Nc2cc(C(F)(F)F)ccc2F)cc1-n1ccnc1. The smallest absolute Gasteiger partial charge is 0.334 e. The van der Waals surface area contributed by atoms with Crippen LogP contribution in [-0.4, -0.2) is 15.6 Å². The molecule has 1 heterocycles. The lowest BCUT2D eigenvalue weighted by atomic mass is 10.1. The van der Waals surface area contributed by atoms with Gasteiger partial charge >= 0.3 is 12.2 Å². The third-order valence-electron chi connectivity index (χ3n) is 4.05. The quantitative estimate of drug-likeness (QED) is 0.635. The summed E-state index contributed by atoms with van der Waals surface area (Å²) in [5.41, 5.74) is 1.04. The molecule has 0 fully saturated rings. The minimum Gasteiger partial charge on any atom is -0.334 e. The lowest BCUT2D eigenvalue weighted by Gasteiger charge is -2.13. The molecule has 9 heteroatoms. The molecule has 2 N–H and O–H groups in total. The summed E-state index contributed by atoms with van der Waals surface area (Å²) in [5, 5.41) is 4.61. The maximum atomic E-state index is 13.7. The summed E-state index contributed by atoms with van der Waals surface area (Å²) in [6.45, 7) is 2.03. The predicted molar refractivity (Wildman–Crippen MR) is 95.6 cm³/mol. The molecule has 0 radical (unpaired) electrons. The van der Waals surface area contributed by atoms with Crippen LogP contribution in [0.25, 0.3) is 5.69 Å². The number of aryl methyl sites for hydroxylation is 1. The molecule has 0 bridgehead atoms. The lowest BCUT2D eigenvalue weighted by Crippen LogP contribution is -2.28. The topological polar surface area (TPSA) is 59.0 Å². The molecule has 146 valence electrons. The van der Waals surface area contributed by atoms with Crippen LogP contribution >= 0.6 is 0 Å². The first-order chi connectivity index (χ1) is 13.2. The van der Waals surface area contributed by atoms with Crippen LogP contribution in [-0.2, 0) is 12.7 Å². The van der Waals surface area contributed by atoms with E-state index in [1.165, 1.54) is 0 Å². The van der Waals surface area contributed by atoms with Crippen LogP contribution in [0, 0.1) is 12.7 Å². The van der Waals surface area contributed by atoms with Crippen molar-refractivity contribution in [3.05, 3.63) is 77.6 Å². The first kappa shape index (κ1) is 19.4. The van der Waals surface area contributed by atoms with Crippen LogP contribution in [0.1, 0.15) is 16.7 Å². The van der Waals surface area contributed by atoms with Crippen molar-refractivity contribution in [1.82, 2.24) is 14.9 Å². The van der Waals surface area contributed by atoms with Gasteiger partial charge in [0.25, 0.3) is 0 Å². The number of anilines is 1. The summed E-state index contributed by atoms with van der Waals surface area (Å²) in [7, 11) is 0. The molecular weight excluding hydrogens is 376 g/mol. The molecule has 28 heavy (non-hydrogen) atoms. The van der Waals surface area contributed by atoms with Gasteiger partial charge in [0.05, 0.1) is 17.6 Å². The van der Waals surface area contributed by atoms with E-state index in [1.807, 2.05) is 23.6 Å². The lowest BCUT2D eigenvalue weighted by molar-refractivity contribution is -0.137. The number of alkyl halides is 3. The number of urea groups is 1. The summed E-state index contributed by atoms with van der Waals surface area (Å²) in [6.07, 6.45) is 0.430. The zero-order valence-electron chi connectivity index (χ0n) is 14.7. The van der Waals surface area contributed by atoms with Crippen LogP contribution in [0.5, 0.6) is 0 Å². The average Bonchev–Trinajstić information content (AvgIpc) is 3.16. The first-order valence-corrected chi connectivity index (χ1v) is 8.23. The van der Waals surface area contributed by atoms with Crippen LogP contribution in [0.4, 0.5) is 28.0 Å². The normalized spacial score (nSPS) is 11.3. The number of nitrogens with zero attached hydrogens (tertiary/aromatic N) is 2. The van der Waals surface area contributed by atoms with Gasteiger partial charge in [-0.25, -0.2) is 14.2 Å². The number of imidazole rings is 1. The standard InChI is InChI=1S/C19H16F4N4O/c1-12-2-3-13(8-17(12)27-7-6-24-11-27)10-25-18(28)26-16-9-14(19(21,22)23)4-5-15(16)20/h2-9,11H,10H2,1H3,(H2,25,26,28). The molecular formula is C19H16F4N4O. The fraction of sp³-hybridized carbons (Fsp3) is 0.158. The second-order valence-electron chi connectivity index (χ2n) is 6.09. The van der Waals surface area contributed by atoms with E-state index in [9.17, 15) is 22.4 Å². The summed E-state index contributed by atoms with van der Waals surface area (Å²) in [6, 6.07) is 6.54. The molecule has 1 aromatic heterocycles. The van der Waals surface area contributed by atoms with E-state index in [-0.39, 0.29) is 6.54 Å². The number of amides is 2. The monoisotopic (exact) mass is 392 g/mol. The fourth-order valence-corrected chi connectivity index (χ4v) is 2.59. The van der Waals surface area contributed by atoms with E-state index >= 15 is 0 Å². The number of carbonyl (C=O) groups excluding carboxylic acids is 1. The second kappa shape index (κ2) is 7.71. The maximum absolute atomic E-state index is 13.7. The minimum absolute atomic E-state index is 0.106. The molecule has 5 nitrogen and oxygen atoms in total. The Kier molecular flexibility index (Phi) is 5.34. The largest absolute Gasteiger partial charge is 0.416 e. The maximum Gasteiger partial charge on any atom is 0.416 e. The second-order valence-corrected chi connectivity index (χ2v) is 6.09. The summed E-state index contributed by atoms with van der Waals surface area (Å²) < 4.78 is 53.7. The number of rotatable bonds is 4. The van der Waals surface area contributed by atoms with E-state index in [4.69, 9.17) is 0 Å². The van der Waals surface area contributed by atoms with E-state index in [2.05, 4.69) is 15.6 Å². The van der Waals surface area contributed by atoms with Crippen molar-refractivity contribution in [1.29, 1.82) is 0 Å². The molecule has 0 saturated heterocycles. The molecule has 0 aliphatic rings. The van der Waals surface area contributed by atoms with E-state index < -0.39 is 29.3 Å². The molecule has 0 atom stereocenters. The number of benzene rings is 2. The summed E-state index contributed by atoms with van der Waals surface area (Å²) in [4.78, 5) is 16.0. The van der Waals surface area contributed by atoms with Crippen molar-refractivity contribution in [3.63, 3.8) is 0 Å². The Bertz CT molecular complexity index is 984. The van der Waals surface area contributed by atoms with Crippen molar-refractivity contribution in [2.75, 3.05) is 5.32 Å². The van der Waals surface area contributed by atoms with E-state index in [1.54, 1.807) is 24.8 Å². The van der Waals surface area contributed by atoms with Gasteiger partial charge in [-0.3, -0.25) is 0 Å². The number of carbonyl (C=O) groups is 1. The van der Waals surface area contributed by atoms with Gasteiger partial charge in [0.2, 0.25) is 0 Å². The van der Waals surface area contributed by atoms with Gasteiger partial charge in [0.15, 0.2) is 0 Å². The molecule has 0 aliphatic carbocycles. The van der Waals surface area contributed by atoms with E-state index in [0.717, 1.165) is 16.8 Å². The van der Waals surface area contributed by atoms with Crippen LogP contribution in [0.2, 0.25) is 0 Å². The average molecular weight is 392 g/mol. The van der Waals surface area contributed by atoms with Gasteiger partial charge in [0, 0.05) is 24.6 Å². The minimum atomic E-state index is -4.63. The number of aromatic nitrogens is 2. The highest BCUT2D eigenvalue weighted by Gasteiger charge is 2.31. The highest BCUT2D eigenvalue weighted by atomic mass is 19.4. The van der Waals surface area contributed by atoms with Crippen molar-refractivity contribution < 1.29 is 22.4 Å². The van der Waals surface area contributed by atoms with E-state index in [0.29, 0.717) is 18.2 Å². The molecule has 3 aromatic rings. The highest BCUT2D eigenvalue weighted by molar-refractivity contribution is 5.89. The van der Waals surface area contributed by atoms with Gasteiger partial charge in [-0.15, -0.1) is 0 Å². The van der Waals surface area contributed by atoms with Crippen LogP contribution in [0.3, 0.4) is 0 Å². The van der Waals surface area contributed by atoms with Crippen molar-refractivity contribution in [3.8, 4) is 5.69 Å². The molecule has 0 saturated carbocycles. The number of hydrogen-bond donors (Lipinski definition) is 2. The van der Waals surface area contributed by atoms with Gasteiger partial charge in [-0.05, 0) is 42.3 Å². The Morgan fingerprint density at radius 1 is 1.18 bits per heavy atom. The third kappa shape index (κ3) is 4.48. The van der Waals surface area contributed by atoms with Crippen LogP contribution in [0.15, 0.2) is 55.1 Å². The van der Waals surface area contributed by atoms with Crippen molar-refractivity contribution >= 4 is 11.7 Å². The Hall–Kier alpha value is -3.36. The molecule has 0 spiro atoms. The zero-order chi connectivity index (χ0) is 20.3. The Morgan fingerprint density at radius 2 is 1.96 bits per heavy atom. The Balaban J connectivity index is 1.68. The van der Waals surface area contributed by atoms with Crippen molar-refractivity contribution in [2.45, 2.75) is 19.6 Å². The zero-order valence-corrected chi connectivity index (χ0v) is 14.7. The number of halogens is 4. The Morgan fingerprint density at radius 3 is 2.64 bits per heavy atom. The Labute approximate surface area is 158 Å². The molecule has 3 rings (SSSR count). The molecule has 0 unspecified atom stereocenters. The van der Waals surface area contributed by atoms with Gasteiger partial charge in [-0.2, -0.15) is 13.2 Å². The number of hydrogen-bond acceptors (Lipinski definition) is 2. The highest BCUT2D eigenvalue weighted by Crippen LogP contribution is 2.31.